The molecule has 0 fully saturated rings. The third-order valence-corrected chi connectivity index (χ3v) is 4.75. The van der Waals surface area contributed by atoms with Crippen molar-refractivity contribution in [3.8, 4) is 0 Å². The van der Waals surface area contributed by atoms with Gasteiger partial charge in [0, 0.05) is 10.7 Å². The molecule has 0 aliphatic heterocycles. The van der Waals surface area contributed by atoms with Crippen LogP contribution < -0.4 is 5.32 Å². The van der Waals surface area contributed by atoms with Gasteiger partial charge in [-0.15, -0.1) is 11.6 Å². The van der Waals surface area contributed by atoms with Crippen LogP contribution in [0.5, 0.6) is 0 Å². The van der Waals surface area contributed by atoms with Gasteiger partial charge in [-0.3, -0.25) is 0 Å². The lowest BCUT2D eigenvalue weighted by Crippen LogP contribution is -2.17. The second-order valence-corrected chi connectivity index (χ2v) is 6.27. The number of rotatable bonds is 2. The third kappa shape index (κ3) is 2.49. The zero-order valence-electron chi connectivity index (χ0n) is 10.5. The van der Waals surface area contributed by atoms with Gasteiger partial charge in [0.25, 0.3) is 0 Å². The van der Waals surface area contributed by atoms with Crippen molar-refractivity contribution in [2.24, 2.45) is 0 Å². The number of alkyl halides is 1. The van der Waals surface area contributed by atoms with Crippen LogP contribution in [0.4, 0.5) is 5.82 Å². The predicted molar refractivity (Wildman–Crippen MR) is 82.8 cm³/mol. The monoisotopic (exact) mass is 336 g/mol. The Labute approximate surface area is 126 Å². The lowest BCUT2D eigenvalue weighted by Gasteiger charge is -2.18. The van der Waals surface area contributed by atoms with Crippen molar-refractivity contribution in [3.63, 3.8) is 0 Å². The molecule has 0 amide bonds. The van der Waals surface area contributed by atoms with Crippen molar-refractivity contribution in [1.29, 1.82) is 0 Å². The van der Waals surface area contributed by atoms with Gasteiger partial charge in [0.15, 0.2) is 0 Å². The van der Waals surface area contributed by atoms with E-state index in [1.54, 1.807) is 0 Å². The van der Waals surface area contributed by atoms with Crippen molar-refractivity contribution >= 4 is 33.3 Å². The molecular weight excluding hydrogens is 324 g/mol. The summed E-state index contributed by atoms with van der Waals surface area (Å²) in [6.07, 6.45) is 2.73. The number of nitrogens with zero attached hydrogens (tertiary/aromatic N) is 1. The van der Waals surface area contributed by atoms with Gasteiger partial charge in [-0.1, -0.05) is 24.3 Å². The van der Waals surface area contributed by atoms with Crippen LogP contribution in [0.15, 0.2) is 41.0 Å². The number of halogens is 2. The van der Waals surface area contributed by atoms with Gasteiger partial charge < -0.3 is 5.32 Å². The summed E-state index contributed by atoms with van der Waals surface area (Å²) in [5, 5.41) is 3.52. The Kier molecular flexibility index (Phi) is 3.50. The highest BCUT2D eigenvalue weighted by Gasteiger charge is 2.30. The number of pyridine rings is 1. The molecule has 1 aliphatic rings. The fourth-order valence-corrected chi connectivity index (χ4v) is 3.07. The summed E-state index contributed by atoms with van der Waals surface area (Å²) in [6.45, 7) is 2.05. The maximum atomic E-state index is 6.46. The first-order valence-electron chi connectivity index (χ1n) is 6.25. The SMILES string of the molecule is Cc1cc(NC2c3ccccc3CC2Cl)ncc1Br. The first-order chi connectivity index (χ1) is 9.15. The minimum atomic E-state index is 0.0724. The molecule has 2 unspecified atom stereocenters. The smallest absolute Gasteiger partial charge is 0.126 e. The minimum Gasteiger partial charge on any atom is -0.362 e. The highest BCUT2D eigenvalue weighted by molar-refractivity contribution is 9.10. The summed E-state index contributed by atoms with van der Waals surface area (Å²) in [7, 11) is 0. The fraction of sp³-hybridized carbons (Fsp3) is 0.267. The summed E-state index contributed by atoms with van der Waals surface area (Å²) in [5.74, 6) is 0.869. The predicted octanol–water partition coefficient (Wildman–Crippen LogP) is 4.47. The van der Waals surface area contributed by atoms with Crippen molar-refractivity contribution in [2.45, 2.75) is 24.8 Å². The molecule has 1 aromatic heterocycles. The van der Waals surface area contributed by atoms with E-state index in [2.05, 4.69) is 57.4 Å². The van der Waals surface area contributed by atoms with Crippen LogP contribution in [-0.4, -0.2) is 10.4 Å². The molecule has 19 heavy (non-hydrogen) atoms. The van der Waals surface area contributed by atoms with E-state index >= 15 is 0 Å². The first kappa shape index (κ1) is 12.9. The molecule has 0 saturated carbocycles. The maximum Gasteiger partial charge on any atom is 0.126 e. The van der Waals surface area contributed by atoms with Gasteiger partial charge in [0.1, 0.15) is 5.82 Å². The molecule has 0 radical (unpaired) electrons. The molecule has 3 rings (SSSR count). The van der Waals surface area contributed by atoms with E-state index in [0.29, 0.717) is 0 Å². The van der Waals surface area contributed by atoms with E-state index in [1.165, 1.54) is 11.1 Å². The largest absolute Gasteiger partial charge is 0.362 e. The Balaban J connectivity index is 1.89. The van der Waals surface area contributed by atoms with Gasteiger partial charge in [0.2, 0.25) is 0 Å². The zero-order valence-corrected chi connectivity index (χ0v) is 12.9. The number of fused-ring (bicyclic) bond motifs is 1. The topological polar surface area (TPSA) is 24.9 Å². The molecule has 0 saturated heterocycles. The van der Waals surface area contributed by atoms with Crippen LogP contribution in [0.25, 0.3) is 0 Å². The van der Waals surface area contributed by atoms with Gasteiger partial charge in [-0.2, -0.15) is 0 Å². The third-order valence-electron chi connectivity index (χ3n) is 3.52. The molecule has 2 atom stereocenters. The number of aryl methyl sites for hydroxylation is 1. The Morgan fingerprint density at radius 1 is 1.37 bits per heavy atom. The molecule has 98 valence electrons. The number of aromatic nitrogens is 1. The van der Waals surface area contributed by atoms with E-state index in [-0.39, 0.29) is 11.4 Å². The van der Waals surface area contributed by atoms with E-state index < -0.39 is 0 Å². The Hall–Kier alpha value is -1.06. The second-order valence-electron chi connectivity index (χ2n) is 4.86. The number of nitrogens with one attached hydrogen (secondary N) is 1. The Bertz CT molecular complexity index is 615. The lowest BCUT2D eigenvalue weighted by atomic mass is 10.1. The highest BCUT2D eigenvalue weighted by atomic mass is 79.9. The molecule has 2 nitrogen and oxygen atoms in total. The van der Waals surface area contributed by atoms with E-state index in [1.807, 2.05) is 12.3 Å². The molecule has 1 aromatic carbocycles. The van der Waals surface area contributed by atoms with E-state index in [0.717, 1.165) is 22.3 Å². The maximum absolute atomic E-state index is 6.46. The molecule has 0 spiro atoms. The second kappa shape index (κ2) is 5.14. The standard InChI is InChI=1S/C15H14BrClN2/c1-9-6-14(18-8-12(9)16)19-15-11-5-3-2-4-10(11)7-13(15)17/h2-6,8,13,15H,7H2,1H3,(H,18,19). The number of benzene rings is 1. The summed E-state index contributed by atoms with van der Waals surface area (Å²) in [6, 6.07) is 10.6. The quantitative estimate of drug-likeness (QED) is 0.818. The molecular formula is C15H14BrClN2. The molecule has 4 heteroatoms. The molecule has 1 heterocycles. The van der Waals surface area contributed by atoms with Crippen molar-refractivity contribution in [3.05, 3.63) is 57.7 Å². The molecule has 1 N–H and O–H groups in total. The highest BCUT2D eigenvalue weighted by Crippen LogP contribution is 2.37. The van der Waals surface area contributed by atoms with Gasteiger partial charge in [-0.25, -0.2) is 4.98 Å². The van der Waals surface area contributed by atoms with Crippen LogP contribution in [0.2, 0.25) is 0 Å². The van der Waals surface area contributed by atoms with Crippen molar-refractivity contribution < 1.29 is 0 Å². The van der Waals surface area contributed by atoms with Gasteiger partial charge in [-0.05, 0) is 52.0 Å². The van der Waals surface area contributed by atoms with Crippen LogP contribution in [0.1, 0.15) is 22.7 Å². The van der Waals surface area contributed by atoms with Crippen molar-refractivity contribution in [2.75, 3.05) is 5.32 Å². The van der Waals surface area contributed by atoms with E-state index in [4.69, 9.17) is 11.6 Å². The van der Waals surface area contributed by atoms with Gasteiger partial charge in [0.05, 0.1) is 11.4 Å². The van der Waals surface area contributed by atoms with Crippen LogP contribution in [0.3, 0.4) is 0 Å². The summed E-state index contributed by atoms with van der Waals surface area (Å²) in [5.41, 5.74) is 3.77. The summed E-state index contributed by atoms with van der Waals surface area (Å²) >= 11 is 9.93. The van der Waals surface area contributed by atoms with Crippen molar-refractivity contribution in [1.82, 2.24) is 4.98 Å². The average Bonchev–Trinajstić information content (AvgIpc) is 2.71. The number of hydrogen-bond acceptors (Lipinski definition) is 2. The number of anilines is 1. The Morgan fingerprint density at radius 3 is 2.95 bits per heavy atom. The zero-order chi connectivity index (χ0) is 13.4. The van der Waals surface area contributed by atoms with Crippen LogP contribution >= 0.6 is 27.5 Å². The van der Waals surface area contributed by atoms with Gasteiger partial charge >= 0.3 is 0 Å². The summed E-state index contributed by atoms with van der Waals surface area (Å²) in [4.78, 5) is 4.39. The van der Waals surface area contributed by atoms with Crippen LogP contribution in [-0.2, 0) is 6.42 Å². The van der Waals surface area contributed by atoms with E-state index in [9.17, 15) is 0 Å². The molecule has 1 aliphatic carbocycles. The summed E-state index contributed by atoms with van der Waals surface area (Å²) < 4.78 is 1.02. The fourth-order valence-electron chi connectivity index (χ4n) is 2.49. The minimum absolute atomic E-state index is 0.0724. The van der Waals surface area contributed by atoms with Crippen LogP contribution in [0, 0.1) is 6.92 Å². The molecule has 2 aromatic rings. The lowest BCUT2D eigenvalue weighted by molar-refractivity contribution is 0.766. The normalized spacial score (nSPS) is 21.2. The molecule has 0 bridgehead atoms. The average molecular weight is 338 g/mol. The number of hydrogen-bond donors (Lipinski definition) is 1. The first-order valence-corrected chi connectivity index (χ1v) is 7.48. The Morgan fingerprint density at radius 2 is 2.16 bits per heavy atom.